The molecule has 0 saturated carbocycles. The monoisotopic (exact) mass is 243 g/mol. The summed E-state index contributed by atoms with van der Waals surface area (Å²) in [7, 11) is 0. The van der Waals surface area contributed by atoms with Gasteiger partial charge in [-0.1, -0.05) is 24.1 Å². The van der Waals surface area contributed by atoms with Crippen molar-refractivity contribution in [3.63, 3.8) is 0 Å². The van der Waals surface area contributed by atoms with Crippen molar-refractivity contribution in [2.45, 2.75) is 24.8 Å². The molecule has 0 aromatic heterocycles. The highest BCUT2D eigenvalue weighted by molar-refractivity contribution is 5.85. The highest BCUT2D eigenvalue weighted by Gasteiger charge is 2.40. The largest absolute Gasteiger partial charge is 0.314 e. The molecule has 1 nitrogen and oxygen atoms in total. The Balaban J connectivity index is 0.00000128. The normalized spacial score (nSPS) is 18.1. The van der Waals surface area contributed by atoms with Crippen molar-refractivity contribution < 1.29 is 8.78 Å². The van der Waals surface area contributed by atoms with Gasteiger partial charge in [0.2, 0.25) is 0 Å². The Morgan fingerprint density at radius 1 is 1.44 bits per heavy atom. The van der Waals surface area contributed by atoms with Crippen LogP contribution in [0.3, 0.4) is 0 Å². The molecule has 0 fully saturated rings. The summed E-state index contributed by atoms with van der Waals surface area (Å²) < 4.78 is 26.8. The van der Waals surface area contributed by atoms with E-state index in [1.807, 2.05) is 0 Å². The van der Waals surface area contributed by atoms with Gasteiger partial charge in [-0.15, -0.1) is 18.8 Å². The number of alkyl halides is 2. The molecule has 2 rings (SSSR count). The van der Waals surface area contributed by atoms with Crippen LogP contribution in [0.4, 0.5) is 8.78 Å². The highest BCUT2D eigenvalue weighted by Crippen LogP contribution is 2.43. The molecule has 0 bridgehead atoms. The molecule has 0 radical (unpaired) electrons. The van der Waals surface area contributed by atoms with E-state index in [-0.39, 0.29) is 24.4 Å². The predicted molar refractivity (Wildman–Crippen MR) is 61.7 cm³/mol. The molecule has 1 atom stereocenters. The predicted octanol–water partition coefficient (Wildman–Crippen LogP) is 2.78. The average Bonchev–Trinajstić information content (AvgIpc) is 2.54. The van der Waals surface area contributed by atoms with Crippen molar-refractivity contribution in [1.29, 1.82) is 0 Å². The van der Waals surface area contributed by atoms with Gasteiger partial charge in [-0.3, -0.25) is 0 Å². The zero-order valence-electron chi connectivity index (χ0n) is 8.54. The van der Waals surface area contributed by atoms with Gasteiger partial charge in [0.1, 0.15) is 0 Å². The van der Waals surface area contributed by atoms with Gasteiger partial charge in [-0.25, -0.2) is 8.78 Å². The fourth-order valence-electron chi connectivity index (χ4n) is 2.02. The zero-order valence-corrected chi connectivity index (χ0v) is 9.36. The zero-order chi connectivity index (χ0) is 11.1. The van der Waals surface area contributed by atoms with Crippen molar-refractivity contribution >= 4 is 12.4 Å². The van der Waals surface area contributed by atoms with E-state index in [9.17, 15) is 8.78 Å². The lowest BCUT2D eigenvalue weighted by atomic mass is 9.98. The van der Waals surface area contributed by atoms with Crippen molar-refractivity contribution in [2.75, 3.05) is 0 Å². The van der Waals surface area contributed by atoms with E-state index in [0.717, 1.165) is 0 Å². The molecule has 86 valence electrons. The molecule has 1 aromatic carbocycles. The molecule has 0 unspecified atom stereocenters. The minimum atomic E-state index is -2.72. The van der Waals surface area contributed by atoms with Crippen LogP contribution in [0.15, 0.2) is 18.2 Å². The molecule has 1 aliphatic carbocycles. The van der Waals surface area contributed by atoms with Gasteiger partial charge in [-0.05, 0) is 17.5 Å². The maximum Gasteiger partial charge on any atom is 0.273 e. The van der Waals surface area contributed by atoms with Gasteiger partial charge in [0, 0.05) is 12.0 Å². The number of halogens is 3. The number of hydrogen-bond acceptors (Lipinski definition) is 1. The van der Waals surface area contributed by atoms with E-state index in [0.29, 0.717) is 17.5 Å². The molecular formula is C12H12ClF2N. The van der Waals surface area contributed by atoms with Gasteiger partial charge in [0.25, 0.3) is 5.92 Å². The average molecular weight is 244 g/mol. The molecule has 2 N–H and O–H groups in total. The van der Waals surface area contributed by atoms with E-state index >= 15 is 0 Å². The Labute approximate surface area is 99.4 Å². The minimum Gasteiger partial charge on any atom is -0.314 e. The minimum absolute atomic E-state index is 0. The van der Waals surface area contributed by atoms with Gasteiger partial charge in [0.15, 0.2) is 0 Å². The maximum atomic E-state index is 13.4. The van der Waals surface area contributed by atoms with Crippen LogP contribution in [0.2, 0.25) is 0 Å². The molecule has 1 aliphatic rings. The van der Waals surface area contributed by atoms with Crippen LogP contribution < -0.4 is 5.73 Å². The van der Waals surface area contributed by atoms with Crippen molar-refractivity contribution in [1.82, 2.24) is 0 Å². The second-order valence-corrected chi connectivity index (χ2v) is 3.72. The van der Waals surface area contributed by atoms with Crippen molar-refractivity contribution in [3.05, 3.63) is 34.9 Å². The van der Waals surface area contributed by atoms with Crippen LogP contribution in [0, 0.1) is 12.3 Å². The van der Waals surface area contributed by atoms with Crippen LogP contribution in [0.1, 0.15) is 29.2 Å². The fourth-order valence-corrected chi connectivity index (χ4v) is 2.02. The van der Waals surface area contributed by atoms with Crippen LogP contribution in [-0.2, 0) is 12.3 Å². The molecule has 0 heterocycles. The molecule has 16 heavy (non-hydrogen) atoms. The molecule has 1 aromatic rings. The lowest BCUT2D eigenvalue weighted by Crippen LogP contribution is -2.11. The summed E-state index contributed by atoms with van der Waals surface area (Å²) in [4.78, 5) is 0. The first-order chi connectivity index (χ1) is 7.06. The van der Waals surface area contributed by atoms with E-state index in [2.05, 4.69) is 5.92 Å². The third-order valence-electron chi connectivity index (χ3n) is 2.81. The SMILES string of the molecule is C#C[C@@H](N)c1cccc2c1CCC2(F)F.Cl. The summed E-state index contributed by atoms with van der Waals surface area (Å²) in [5, 5.41) is 0. The third kappa shape index (κ3) is 1.91. The van der Waals surface area contributed by atoms with Crippen LogP contribution in [0.5, 0.6) is 0 Å². The summed E-state index contributed by atoms with van der Waals surface area (Å²) in [6, 6.07) is 4.18. The Morgan fingerprint density at radius 3 is 2.75 bits per heavy atom. The summed E-state index contributed by atoms with van der Waals surface area (Å²) in [6.45, 7) is 0. The van der Waals surface area contributed by atoms with Gasteiger partial charge in [0.05, 0.1) is 6.04 Å². The van der Waals surface area contributed by atoms with Crippen LogP contribution in [-0.4, -0.2) is 0 Å². The highest BCUT2D eigenvalue weighted by atomic mass is 35.5. The Hall–Kier alpha value is -1.11. The first-order valence-electron chi connectivity index (χ1n) is 4.78. The van der Waals surface area contributed by atoms with E-state index in [1.165, 1.54) is 6.07 Å². The second kappa shape index (κ2) is 4.40. The molecule has 0 aliphatic heterocycles. The van der Waals surface area contributed by atoms with Gasteiger partial charge < -0.3 is 5.73 Å². The third-order valence-corrected chi connectivity index (χ3v) is 2.81. The van der Waals surface area contributed by atoms with Crippen molar-refractivity contribution in [3.8, 4) is 12.3 Å². The first-order valence-corrected chi connectivity index (χ1v) is 4.78. The Morgan fingerprint density at radius 2 is 2.12 bits per heavy atom. The number of nitrogens with two attached hydrogens (primary N) is 1. The van der Waals surface area contributed by atoms with Gasteiger partial charge >= 0.3 is 0 Å². The standard InChI is InChI=1S/C12H11F2N.ClH/c1-2-11(15)9-4-3-5-10-8(9)6-7-12(10,13)14;/h1,3-5,11H,6-7,15H2;1H/t11-;/m1./s1. The lowest BCUT2D eigenvalue weighted by Gasteiger charge is -2.13. The summed E-state index contributed by atoms with van der Waals surface area (Å²) >= 11 is 0. The van der Waals surface area contributed by atoms with E-state index in [1.54, 1.807) is 12.1 Å². The molecule has 0 spiro atoms. The Bertz CT molecular complexity index is 437. The Kier molecular flexibility index (Phi) is 3.57. The molecule has 0 saturated heterocycles. The fraction of sp³-hybridized carbons (Fsp3) is 0.333. The summed E-state index contributed by atoms with van der Waals surface area (Å²) in [6.07, 6.45) is 5.42. The molecule has 4 heteroatoms. The summed E-state index contributed by atoms with van der Waals surface area (Å²) in [5.41, 5.74) is 7.06. The quantitative estimate of drug-likeness (QED) is 0.755. The number of benzene rings is 1. The number of fused-ring (bicyclic) bond motifs is 1. The number of terminal acetylenes is 1. The maximum absolute atomic E-state index is 13.4. The summed E-state index contributed by atoms with van der Waals surface area (Å²) in [5.74, 6) is -0.351. The molecule has 0 amide bonds. The lowest BCUT2D eigenvalue weighted by molar-refractivity contribution is -0.00184. The number of rotatable bonds is 1. The van der Waals surface area contributed by atoms with Crippen LogP contribution >= 0.6 is 12.4 Å². The van der Waals surface area contributed by atoms with E-state index < -0.39 is 12.0 Å². The van der Waals surface area contributed by atoms with E-state index in [4.69, 9.17) is 12.2 Å². The first kappa shape index (κ1) is 13.0. The topological polar surface area (TPSA) is 26.0 Å². The van der Waals surface area contributed by atoms with Gasteiger partial charge in [-0.2, -0.15) is 0 Å². The number of hydrogen-bond donors (Lipinski definition) is 1. The second-order valence-electron chi connectivity index (χ2n) is 3.72. The smallest absolute Gasteiger partial charge is 0.273 e. The van der Waals surface area contributed by atoms with Crippen molar-refractivity contribution in [2.24, 2.45) is 5.73 Å². The molecular weight excluding hydrogens is 232 g/mol. The van der Waals surface area contributed by atoms with Crippen LogP contribution in [0.25, 0.3) is 0 Å².